The molecule has 0 radical (unpaired) electrons. The SMILES string of the molecule is CCN1CCC(N(C(=O)CCC(=O)N2CCN(S(=O)(=O)c3ccccc3)CC2)C2CC2)CC1. The van der Waals surface area contributed by atoms with Crippen molar-refractivity contribution in [1.29, 1.82) is 0 Å². The Morgan fingerprint density at radius 1 is 0.879 bits per heavy atom. The van der Waals surface area contributed by atoms with Gasteiger partial charge in [-0.25, -0.2) is 8.42 Å². The molecule has 0 bridgehead atoms. The van der Waals surface area contributed by atoms with Crippen LogP contribution in [0.4, 0.5) is 0 Å². The molecule has 1 aromatic rings. The lowest BCUT2D eigenvalue weighted by Crippen LogP contribution is -2.51. The van der Waals surface area contributed by atoms with Crippen LogP contribution < -0.4 is 0 Å². The molecular weight excluding hydrogens is 440 g/mol. The van der Waals surface area contributed by atoms with Gasteiger partial charge < -0.3 is 14.7 Å². The molecule has 1 aromatic carbocycles. The Hall–Kier alpha value is -1.97. The molecule has 9 heteroatoms. The summed E-state index contributed by atoms with van der Waals surface area (Å²) >= 11 is 0. The van der Waals surface area contributed by atoms with Crippen molar-refractivity contribution < 1.29 is 18.0 Å². The largest absolute Gasteiger partial charge is 0.340 e. The van der Waals surface area contributed by atoms with E-state index in [1.54, 1.807) is 35.2 Å². The molecule has 1 aliphatic carbocycles. The van der Waals surface area contributed by atoms with Crippen LogP contribution in [0.2, 0.25) is 0 Å². The number of carbonyl (C=O) groups excluding carboxylic acids is 2. The summed E-state index contributed by atoms with van der Waals surface area (Å²) in [4.78, 5) is 32.3. The first-order valence-electron chi connectivity index (χ1n) is 12.3. The minimum atomic E-state index is -3.54. The van der Waals surface area contributed by atoms with Crippen LogP contribution in [0.5, 0.6) is 0 Å². The maximum atomic E-state index is 13.1. The molecule has 2 saturated heterocycles. The fraction of sp³-hybridized carbons (Fsp3) is 0.667. The van der Waals surface area contributed by atoms with Gasteiger partial charge in [-0.3, -0.25) is 9.59 Å². The quantitative estimate of drug-likeness (QED) is 0.571. The van der Waals surface area contributed by atoms with Crippen LogP contribution in [0.3, 0.4) is 0 Å². The average Bonchev–Trinajstić information content (AvgIpc) is 3.69. The molecule has 33 heavy (non-hydrogen) atoms. The molecule has 3 fully saturated rings. The van der Waals surface area contributed by atoms with E-state index >= 15 is 0 Å². The fourth-order valence-corrected chi connectivity index (χ4v) is 6.44. The number of carbonyl (C=O) groups is 2. The van der Waals surface area contributed by atoms with Crippen LogP contribution in [0.25, 0.3) is 0 Å². The fourth-order valence-electron chi connectivity index (χ4n) is 4.99. The van der Waals surface area contributed by atoms with Crippen molar-refractivity contribution in [3.8, 4) is 0 Å². The number of nitrogens with zero attached hydrogens (tertiary/aromatic N) is 4. The Balaban J connectivity index is 1.26. The van der Waals surface area contributed by atoms with E-state index in [-0.39, 0.29) is 42.6 Å². The normalized spacial score (nSPS) is 21.2. The van der Waals surface area contributed by atoms with Crippen LogP contribution in [0.1, 0.15) is 45.4 Å². The number of hydrogen-bond donors (Lipinski definition) is 0. The molecule has 8 nitrogen and oxygen atoms in total. The zero-order valence-electron chi connectivity index (χ0n) is 19.6. The third-order valence-corrected chi connectivity index (χ3v) is 9.06. The lowest BCUT2D eigenvalue weighted by molar-refractivity contribution is -0.140. The van der Waals surface area contributed by atoms with Crippen LogP contribution in [-0.2, 0) is 19.6 Å². The van der Waals surface area contributed by atoms with Crippen molar-refractivity contribution in [3.63, 3.8) is 0 Å². The molecule has 0 atom stereocenters. The second-order valence-corrected chi connectivity index (χ2v) is 11.2. The zero-order valence-corrected chi connectivity index (χ0v) is 20.4. The Labute approximate surface area is 197 Å². The van der Waals surface area contributed by atoms with E-state index < -0.39 is 10.0 Å². The van der Waals surface area contributed by atoms with Crippen LogP contribution in [0.15, 0.2) is 35.2 Å². The van der Waals surface area contributed by atoms with Crippen molar-refractivity contribution in [3.05, 3.63) is 30.3 Å². The topological polar surface area (TPSA) is 81.2 Å². The van der Waals surface area contributed by atoms with Gasteiger partial charge in [-0.15, -0.1) is 0 Å². The Kier molecular flexibility index (Phi) is 7.71. The van der Waals surface area contributed by atoms with Gasteiger partial charge in [-0.2, -0.15) is 4.31 Å². The third kappa shape index (κ3) is 5.75. The van der Waals surface area contributed by atoms with E-state index in [2.05, 4.69) is 16.7 Å². The molecule has 1 saturated carbocycles. The van der Waals surface area contributed by atoms with Gasteiger partial charge in [-0.1, -0.05) is 25.1 Å². The van der Waals surface area contributed by atoms with Crippen molar-refractivity contribution in [2.75, 3.05) is 45.8 Å². The summed E-state index contributed by atoms with van der Waals surface area (Å²) in [6.07, 6.45) is 4.62. The highest BCUT2D eigenvalue weighted by Crippen LogP contribution is 2.32. The first-order chi connectivity index (χ1) is 15.9. The van der Waals surface area contributed by atoms with Gasteiger partial charge in [0, 0.05) is 64.2 Å². The van der Waals surface area contributed by atoms with E-state index in [9.17, 15) is 18.0 Å². The highest BCUT2D eigenvalue weighted by atomic mass is 32.2. The predicted molar refractivity (Wildman–Crippen MR) is 126 cm³/mol. The Bertz CT molecular complexity index is 919. The first kappa shape index (κ1) is 24.2. The van der Waals surface area contributed by atoms with Gasteiger partial charge in [0.25, 0.3) is 0 Å². The van der Waals surface area contributed by atoms with Gasteiger partial charge in [0.15, 0.2) is 0 Å². The average molecular weight is 477 g/mol. The monoisotopic (exact) mass is 476 g/mol. The van der Waals surface area contributed by atoms with E-state index in [0.29, 0.717) is 25.2 Å². The number of sulfonamides is 1. The molecule has 4 rings (SSSR count). The van der Waals surface area contributed by atoms with E-state index in [1.165, 1.54) is 4.31 Å². The highest BCUT2D eigenvalue weighted by Gasteiger charge is 2.38. The molecular formula is C24H36N4O4S. The van der Waals surface area contributed by atoms with Crippen molar-refractivity contribution in [2.24, 2.45) is 0 Å². The number of amides is 2. The second-order valence-electron chi connectivity index (χ2n) is 9.30. The van der Waals surface area contributed by atoms with Crippen molar-refractivity contribution >= 4 is 21.8 Å². The van der Waals surface area contributed by atoms with Crippen LogP contribution in [0, 0.1) is 0 Å². The Morgan fingerprint density at radius 3 is 2.06 bits per heavy atom. The highest BCUT2D eigenvalue weighted by molar-refractivity contribution is 7.89. The van der Waals surface area contributed by atoms with E-state index in [1.807, 2.05) is 0 Å². The molecule has 182 valence electrons. The standard InChI is InChI=1S/C24H36N4O4S/c1-2-25-14-12-21(13-15-25)28(20-8-9-20)24(30)11-10-23(29)26-16-18-27(19-17-26)33(31,32)22-6-4-3-5-7-22/h3-7,20-21H,2,8-19H2,1H3. The molecule has 0 N–H and O–H groups in total. The smallest absolute Gasteiger partial charge is 0.243 e. The zero-order chi connectivity index (χ0) is 23.4. The van der Waals surface area contributed by atoms with Crippen LogP contribution >= 0.6 is 0 Å². The Morgan fingerprint density at radius 2 is 1.48 bits per heavy atom. The maximum absolute atomic E-state index is 13.1. The number of likely N-dealkylation sites (tertiary alicyclic amines) is 1. The van der Waals surface area contributed by atoms with Gasteiger partial charge >= 0.3 is 0 Å². The summed E-state index contributed by atoms with van der Waals surface area (Å²) in [6.45, 7) is 6.58. The summed E-state index contributed by atoms with van der Waals surface area (Å²) in [5.74, 6) is 0.0442. The molecule has 0 unspecified atom stereocenters. The molecule has 0 spiro atoms. The van der Waals surface area contributed by atoms with Gasteiger partial charge in [0.1, 0.15) is 0 Å². The third-order valence-electron chi connectivity index (χ3n) is 7.15. The van der Waals surface area contributed by atoms with Crippen molar-refractivity contribution in [1.82, 2.24) is 19.0 Å². The minimum absolute atomic E-state index is 0.0586. The number of rotatable bonds is 8. The van der Waals surface area contributed by atoms with Crippen LogP contribution in [-0.4, -0.2) is 97.1 Å². The predicted octanol–water partition coefficient (Wildman–Crippen LogP) is 1.78. The number of hydrogen-bond acceptors (Lipinski definition) is 5. The first-order valence-corrected chi connectivity index (χ1v) is 13.7. The number of piperidine rings is 1. The summed E-state index contributed by atoms with van der Waals surface area (Å²) < 4.78 is 27.0. The van der Waals surface area contributed by atoms with Gasteiger partial charge in [0.2, 0.25) is 21.8 Å². The molecule has 2 amide bonds. The minimum Gasteiger partial charge on any atom is -0.340 e. The van der Waals surface area contributed by atoms with E-state index in [0.717, 1.165) is 45.3 Å². The lowest BCUT2D eigenvalue weighted by Gasteiger charge is -2.38. The number of benzene rings is 1. The lowest BCUT2D eigenvalue weighted by atomic mass is 10.0. The summed E-state index contributed by atoms with van der Waals surface area (Å²) in [5.41, 5.74) is 0. The molecule has 2 aliphatic heterocycles. The second kappa shape index (κ2) is 10.5. The summed E-state index contributed by atoms with van der Waals surface area (Å²) in [6, 6.07) is 9.05. The molecule has 2 heterocycles. The number of piperazine rings is 1. The molecule has 3 aliphatic rings. The maximum Gasteiger partial charge on any atom is 0.243 e. The van der Waals surface area contributed by atoms with Gasteiger partial charge in [-0.05, 0) is 44.4 Å². The van der Waals surface area contributed by atoms with Crippen molar-refractivity contribution in [2.45, 2.75) is 62.4 Å². The summed E-state index contributed by atoms with van der Waals surface area (Å²) in [7, 11) is -3.54. The van der Waals surface area contributed by atoms with E-state index in [4.69, 9.17) is 0 Å². The molecule has 0 aromatic heterocycles. The van der Waals surface area contributed by atoms with Gasteiger partial charge in [0.05, 0.1) is 4.90 Å². The summed E-state index contributed by atoms with van der Waals surface area (Å²) in [5, 5.41) is 0.